The van der Waals surface area contributed by atoms with E-state index in [4.69, 9.17) is 9.47 Å². The van der Waals surface area contributed by atoms with Gasteiger partial charge in [-0.25, -0.2) is 4.79 Å². The summed E-state index contributed by atoms with van der Waals surface area (Å²) in [5.74, 6) is -0.0728. The number of carbonyl (C=O) groups excluding carboxylic acids is 2. The van der Waals surface area contributed by atoms with Crippen molar-refractivity contribution in [1.29, 1.82) is 0 Å². The summed E-state index contributed by atoms with van der Waals surface area (Å²) in [6, 6.07) is 11.9. The van der Waals surface area contributed by atoms with Crippen LogP contribution in [0, 0.1) is 24.0 Å². The number of anilines is 1. The molecule has 0 unspecified atom stereocenters. The number of aryl methyl sites for hydroxylation is 2. The molecule has 0 aliphatic heterocycles. The minimum absolute atomic E-state index is 0.0899. The zero-order chi connectivity index (χ0) is 24.7. The third kappa shape index (κ3) is 6.20. The Labute approximate surface area is 201 Å². The second-order valence-electron chi connectivity index (χ2n) is 7.65. The van der Waals surface area contributed by atoms with Crippen molar-refractivity contribution in [2.75, 3.05) is 18.5 Å². The lowest BCUT2D eigenvalue weighted by atomic mass is 10.0. The van der Waals surface area contributed by atoms with Crippen LogP contribution in [-0.4, -0.2) is 30.0 Å². The topological polar surface area (TPSA) is 108 Å². The average Bonchev–Trinajstić information content (AvgIpc) is 3.21. The number of nitrogens with zero attached hydrogens (tertiary/aromatic N) is 1. The van der Waals surface area contributed by atoms with Gasteiger partial charge in [0.05, 0.1) is 18.1 Å². The number of amides is 1. The summed E-state index contributed by atoms with van der Waals surface area (Å²) in [5.41, 5.74) is 3.26. The molecular weight excluding hydrogens is 456 g/mol. The number of rotatable bonds is 10. The third-order valence-electron chi connectivity index (χ3n) is 5.03. The van der Waals surface area contributed by atoms with Crippen molar-refractivity contribution in [3.63, 3.8) is 0 Å². The van der Waals surface area contributed by atoms with Gasteiger partial charge in [0.15, 0.2) is 0 Å². The fraction of sp³-hybridized carbons (Fsp3) is 0.280. The first kappa shape index (κ1) is 24.9. The number of hydrogen-bond acceptors (Lipinski definition) is 7. The van der Waals surface area contributed by atoms with Gasteiger partial charge >= 0.3 is 5.97 Å². The maximum absolute atomic E-state index is 12.7. The van der Waals surface area contributed by atoms with Gasteiger partial charge in [-0.2, -0.15) is 0 Å². The molecule has 1 N–H and O–H groups in total. The van der Waals surface area contributed by atoms with E-state index in [0.717, 1.165) is 16.9 Å². The van der Waals surface area contributed by atoms with Gasteiger partial charge in [-0.1, -0.05) is 29.8 Å². The van der Waals surface area contributed by atoms with Gasteiger partial charge in [-0.05, 0) is 44.4 Å². The molecule has 0 saturated carbocycles. The van der Waals surface area contributed by atoms with Crippen LogP contribution >= 0.6 is 11.3 Å². The molecule has 8 nitrogen and oxygen atoms in total. The first-order valence-electron chi connectivity index (χ1n) is 10.8. The predicted octanol–water partition coefficient (Wildman–Crippen LogP) is 5.91. The quantitative estimate of drug-likeness (QED) is 0.166. The molecular formula is C25H26N2O6S. The van der Waals surface area contributed by atoms with Gasteiger partial charge in [-0.15, -0.1) is 11.3 Å². The van der Waals surface area contributed by atoms with Crippen LogP contribution in [0.1, 0.15) is 41.3 Å². The van der Waals surface area contributed by atoms with E-state index in [1.807, 2.05) is 32.0 Å². The molecule has 9 heteroatoms. The van der Waals surface area contributed by atoms with Crippen LogP contribution in [-0.2, 0) is 9.53 Å². The van der Waals surface area contributed by atoms with Crippen molar-refractivity contribution in [3.05, 3.63) is 74.6 Å². The molecule has 0 saturated heterocycles. The lowest BCUT2D eigenvalue weighted by molar-refractivity contribution is -0.384. The van der Waals surface area contributed by atoms with Crippen LogP contribution in [0.4, 0.5) is 10.7 Å². The fourth-order valence-electron chi connectivity index (χ4n) is 3.42. The van der Waals surface area contributed by atoms with Crippen LogP contribution in [0.25, 0.3) is 11.1 Å². The lowest BCUT2D eigenvalue weighted by Crippen LogP contribution is -2.15. The van der Waals surface area contributed by atoms with Gasteiger partial charge in [0.2, 0.25) is 5.91 Å². The highest BCUT2D eigenvalue weighted by Crippen LogP contribution is 2.37. The molecule has 1 heterocycles. The Hall–Kier alpha value is -3.72. The number of thiophene rings is 1. The van der Waals surface area contributed by atoms with Gasteiger partial charge in [0, 0.05) is 29.5 Å². The fourth-order valence-corrected chi connectivity index (χ4v) is 4.39. The van der Waals surface area contributed by atoms with Crippen molar-refractivity contribution in [2.45, 2.75) is 33.6 Å². The minimum atomic E-state index is -0.598. The standard InChI is InChI=1S/C25H26N2O6S/c1-4-32-25(29)23-20(18-7-5-8-19(14-18)27(30)31)15-34-24(23)26-22(28)9-6-12-33-21-11-10-16(2)13-17(21)3/h5,7-8,10-11,13-15H,4,6,9,12H2,1-3H3,(H,26,28). The number of non-ortho nitro benzene ring substituents is 1. The summed E-state index contributed by atoms with van der Waals surface area (Å²) >= 11 is 1.17. The Kier molecular flexibility index (Phi) is 8.37. The predicted molar refractivity (Wildman–Crippen MR) is 132 cm³/mol. The van der Waals surface area contributed by atoms with E-state index in [-0.39, 0.29) is 30.2 Å². The van der Waals surface area contributed by atoms with E-state index in [9.17, 15) is 19.7 Å². The number of esters is 1. The van der Waals surface area contributed by atoms with Crippen molar-refractivity contribution >= 4 is 33.9 Å². The van der Waals surface area contributed by atoms with Crippen molar-refractivity contribution in [1.82, 2.24) is 0 Å². The summed E-state index contributed by atoms with van der Waals surface area (Å²) in [6.45, 7) is 6.21. The summed E-state index contributed by atoms with van der Waals surface area (Å²) < 4.78 is 11.0. The third-order valence-corrected chi connectivity index (χ3v) is 5.92. The molecule has 34 heavy (non-hydrogen) atoms. The minimum Gasteiger partial charge on any atom is -0.493 e. The molecule has 1 aromatic heterocycles. The first-order chi connectivity index (χ1) is 16.3. The number of ether oxygens (including phenoxy) is 2. The molecule has 0 aliphatic carbocycles. The Bertz CT molecular complexity index is 1200. The summed E-state index contributed by atoms with van der Waals surface area (Å²) in [4.78, 5) is 35.9. The van der Waals surface area contributed by atoms with E-state index < -0.39 is 10.9 Å². The SMILES string of the molecule is CCOC(=O)c1c(-c2cccc([N+](=O)[O-])c2)csc1NC(=O)CCCOc1ccc(C)cc1C. The Morgan fingerprint density at radius 3 is 2.65 bits per heavy atom. The molecule has 1 amide bonds. The van der Waals surface area contributed by atoms with Gasteiger partial charge in [0.1, 0.15) is 16.3 Å². The number of benzene rings is 2. The normalized spacial score (nSPS) is 10.6. The Balaban J connectivity index is 1.69. The molecule has 0 bridgehead atoms. The molecule has 178 valence electrons. The number of nitro benzene ring substituents is 1. The largest absolute Gasteiger partial charge is 0.493 e. The second kappa shape index (κ2) is 11.4. The maximum atomic E-state index is 12.7. The van der Waals surface area contributed by atoms with E-state index in [2.05, 4.69) is 5.32 Å². The Morgan fingerprint density at radius 1 is 1.15 bits per heavy atom. The molecule has 0 radical (unpaired) electrons. The van der Waals surface area contributed by atoms with Gasteiger partial charge in [-0.3, -0.25) is 14.9 Å². The average molecular weight is 483 g/mol. The van der Waals surface area contributed by atoms with Crippen molar-refractivity contribution in [3.8, 4) is 16.9 Å². The number of nitrogens with one attached hydrogen (secondary N) is 1. The smallest absolute Gasteiger partial charge is 0.341 e. The van der Waals surface area contributed by atoms with Crippen LogP contribution in [0.5, 0.6) is 5.75 Å². The summed E-state index contributed by atoms with van der Waals surface area (Å²) in [5, 5.41) is 16.0. The second-order valence-corrected chi connectivity index (χ2v) is 8.53. The molecule has 0 atom stereocenters. The van der Waals surface area contributed by atoms with Crippen LogP contribution < -0.4 is 10.1 Å². The molecule has 3 rings (SSSR count). The van der Waals surface area contributed by atoms with Crippen molar-refractivity contribution in [2.24, 2.45) is 0 Å². The number of hydrogen-bond donors (Lipinski definition) is 1. The summed E-state index contributed by atoms with van der Waals surface area (Å²) in [6.07, 6.45) is 0.703. The molecule has 0 spiro atoms. The highest BCUT2D eigenvalue weighted by atomic mass is 32.1. The summed E-state index contributed by atoms with van der Waals surface area (Å²) in [7, 11) is 0. The maximum Gasteiger partial charge on any atom is 0.341 e. The lowest BCUT2D eigenvalue weighted by Gasteiger charge is -2.10. The van der Waals surface area contributed by atoms with Crippen LogP contribution in [0.3, 0.4) is 0 Å². The van der Waals surface area contributed by atoms with Crippen molar-refractivity contribution < 1.29 is 24.0 Å². The van der Waals surface area contributed by atoms with Gasteiger partial charge < -0.3 is 14.8 Å². The molecule has 2 aromatic carbocycles. The van der Waals surface area contributed by atoms with Crippen LogP contribution in [0.15, 0.2) is 47.8 Å². The number of nitro groups is 1. The van der Waals surface area contributed by atoms with E-state index in [1.54, 1.807) is 24.4 Å². The van der Waals surface area contributed by atoms with Crippen LogP contribution in [0.2, 0.25) is 0 Å². The van der Waals surface area contributed by atoms with E-state index in [0.29, 0.717) is 29.2 Å². The zero-order valence-corrected chi connectivity index (χ0v) is 20.1. The molecule has 0 aliphatic rings. The Morgan fingerprint density at radius 2 is 1.94 bits per heavy atom. The highest BCUT2D eigenvalue weighted by molar-refractivity contribution is 7.15. The van der Waals surface area contributed by atoms with E-state index >= 15 is 0 Å². The number of carbonyl (C=O) groups is 2. The molecule has 0 fully saturated rings. The van der Waals surface area contributed by atoms with E-state index in [1.165, 1.54) is 23.5 Å². The monoisotopic (exact) mass is 482 g/mol. The highest BCUT2D eigenvalue weighted by Gasteiger charge is 2.23. The molecule has 3 aromatic rings. The first-order valence-corrected chi connectivity index (χ1v) is 11.7. The van der Waals surface area contributed by atoms with Gasteiger partial charge in [0.25, 0.3) is 5.69 Å². The zero-order valence-electron chi connectivity index (χ0n) is 19.3.